The molecule has 0 bridgehead atoms. The molecule has 70 valence electrons. The van der Waals surface area contributed by atoms with Crippen molar-refractivity contribution in [3.8, 4) is 0 Å². The van der Waals surface area contributed by atoms with E-state index < -0.39 is 0 Å². The average molecular weight is 166 g/mol. The molecule has 0 unspecified atom stereocenters. The van der Waals surface area contributed by atoms with E-state index >= 15 is 0 Å². The van der Waals surface area contributed by atoms with Crippen LogP contribution in [0, 0.1) is 0 Å². The van der Waals surface area contributed by atoms with Crippen LogP contribution in [0.5, 0.6) is 0 Å². The summed E-state index contributed by atoms with van der Waals surface area (Å²) >= 11 is 0. The van der Waals surface area contributed by atoms with E-state index in [0.29, 0.717) is 13.2 Å². The van der Waals surface area contributed by atoms with E-state index in [1.54, 1.807) is 7.11 Å². The van der Waals surface area contributed by atoms with Crippen LogP contribution in [-0.4, -0.2) is 50.4 Å². The van der Waals surface area contributed by atoms with Gasteiger partial charge in [0.25, 0.3) is 0 Å². The molecule has 0 amide bonds. The van der Waals surface area contributed by atoms with Crippen molar-refractivity contribution < 1.29 is 19.7 Å². The molecule has 0 aromatic rings. The molecule has 0 saturated heterocycles. The lowest BCUT2D eigenvalue weighted by Gasteiger charge is -1.96. The van der Waals surface area contributed by atoms with E-state index in [1.807, 2.05) is 6.92 Å². The highest BCUT2D eigenvalue weighted by atomic mass is 16.5. The summed E-state index contributed by atoms with van der Waals surface area (Å²) in [4.78, 5) is 0. The van der Waals surface area contributed by atoms with E-state index in [4.69, 9.17) is 19.7 Å². The topological polar surface area (TPSA) is 58.9 Å². The van der Waals surface area contributed by atoms with Gasteiger partial charge in [0.1, 0.15) is 0 Å². The maximum absolute atomic E-state index is 7.62. The predicted octanol–water partition coefficient (Wildman–Crippen LogP) is -0.360. The molecule has 4 nitrogen and oxygen atoms in total. The zero-order valence-electron chi connectivity index (χ0n) is 7.25. The van der Waals surface area contributed by atoms with Gasteiger partial charge in [0.2, 0.25) is 0 Å². The van der Waals surface area contributed by atoms with Gasteiger partial charge >= 0.3 is 0 Å². The molecular weight excluding hydrogens is 148 g/mol. The second-order valence-electron chi connectivity index (χ2n) is 1.64. The monoisotopic (exact) mass is 166 g/mol. The van der Waals surface area contributed by atoms with Crippen LogP contribution in [0.4, 0.5) is 0 Å². The van der Waals surface area contributed by atoms with Crippen LogP contribution in [0.15, 0.2) is 0 Å². The molecule has 0 radical (unpaired) electrons. The molecule has 0 aromatic carbocycles. The van der Waals surface area contributed by atoms with Gasteiger partial charge in [0.05, 0.1) is 26.4 Å². The van der Waals surface area contributed by atoms with E-state index in [9.17, 15) is 0 Å². The zero-order chi connectivity index (χ0) is 8.95. The standard InChI is InChI=1S/C5H12O2.C2H6O2/c1-3-7-5-4-6-2;3-1-2-4/h3-5H2,1-2H3;3-4H,1-2H2. The van der Waals surface area contributed by atoms with Crippen LogP contribution in [0.2, 0.25) is 0 Å². The van der Waals surface area contributed by atoms with Gasteiger partial charge in [-0.05, 0) is 6.92 Å². The molecule has 2 N–H and O–H groups in total. The van der Waals surface area contributed by atoms with E-state index in [1.165, 1.54) is 0 Å². The van der Waals surface area contributed by atoms with Crippen molar-refractivity contribution in [2.75, 3.05) is 40.1 Å². The fourth-order valence-electron chi connectivity index (χ4n) is 0.287. The third-order valence-electron chi connectivity index (χ3n) is 0.736. The summed E-state index contributed by atoms with van der Waals surface area (Å²) in [5, 5.41) is 15.2. The zero-order valence-corrected chi connectivity index (χ0v) is 7.25. The lowest BCUT2D eigenvalue weighted by molar-refractivity contribution is 0.0777. The fourth-order valence-corrected chi connectivity index (χ4v) is 0.287. The van der Waals surface area contributed by atoms with E-state index in [-0.39, 0.29) is 13.2 Å². The van der Waals surface area contributed by atoms with E-state index in [2.05, 4.69) is 0 Å². The Morgan fingerprint density at radius 2 is 1.64 bits per heavy atom. The fraction of sp³-hybridized carbons (Fsp3) is 1.00. The normalized spacial score (nSPS) is 8.73. The second-order valence-corrected chi connectivity index (χ2v) is 1.64. The van der Waals surface area contributed by atoms with Gasteiger partial charge < -0.3 is 19.7 Å². The highest BCUT2D eigenvalue weighted by Crippen LogP contribution is 1.71. The summed E-state index contributed by atoms with van der Waals surface area (Å²) in [6.07, 6.45) is 0. The van der Waals surface area contributed by atoms with Gasteiger partial charge in [-0.2, -0.15) is 0 Å². The molecule has 0 rings (SSSR count). The quantitative estimate of drug-likeness (QED) is 0.548. The van der Waals surface area contributed by atoms with E-state index in [0.717, 1.165) is 6.61 Å². The number of aliphatic hydroxyl groups is 2. The van der Waals surface area contributed by atoms with Gasteiger partial charge in [-0.15, -0.1) is 0 Å². The molecule has 0 fully saturated rings. The minimum atomic E-state index is -0.125. The number of ether oxygens (including phenoxy) is 2. The average Bonchev–Trinajstić information content (AvgIpc) is 2.06. The molecule has 0 aliphatic carbocycles. The van der Waals surface area contributed by atoms with Crippen molar-refractivity contribution in [2.24, 2.45) is 0 Å². The van der Waals surface area contributed by atoms with Crippen LogP contribution < -0.4 is 0 Å². The summed E-state index contributed by atoms with van der Waals surface area (Å²) in [6, 6.07) is 0. The van der Waals surface area contributed by atoms with Gasteiger partial charge in [0.15, 0.2) is 0 Å². The highest BCUT2D eigenvalue weighted by Gasteiger charge is 1.78. The first-order valence-corrected chi connectivity index (χ1v) is 3.61. The number of methoxy groups -OCH3 is 1. The minimum Gasteiger partial charge on any atom is -0.394 e. The van der Waals surface area contributed by atoms with Crippen molar-refractivity contribution in [1.29, 1.82) is 0 Å². The highest BCUT2D eigenvalue weighted by molar-refractivity contribution is 4.21. The number of aliphatic hydroxyl groups excluding tert-OH is 2. The third kappa shape index (κ3) is 25.8. The van der Waals surface area contributed by atoms with Crippen molar-refractivity contribution in [3.63, 3.8) is 0 Å². The van der Waals surface area contributed by atoms with Gasteiger partial charge in [-0.1, -0.05) is 0 Å². The molecule has 0 spiro atoms. The van der Waals surface area contributed by atoms with Gasteiger partial charge in [0, 0.05) is 13.7 Å². The maximum atomic E-state index is 7.62. The molecule has 11 heavy (non-hydrogen) atoms. The number of hydrogen-bond donors (Lipinski definition) is 2. The Morgan fingerprint density at radius 3 is 1.91 bits per heavy atom. The lowest BCUT2D eigenvalue weighted by Crippen LogP contribution is -2.00. The van der Waals surface area contributed by atoms with Crippen LogP contribution in [0.3, 0.4) is 0 Å². The van der Waals surface area contributed by atoms with Crippen molar-refractivity contribution >= 4 is 0 Å². The summed E-state index contributed by atoms with van der Waals surface area (Å²) < 4.78 is 9.67. The number of hydrogen-bond acceptors (Lipinski definition) is 4. The first-order valence-electron chi connectivity index (χ1n) is 3.61. The van der Waals surface area contributed by atoms with Gasteiger partial charge in [-0.25, -0.2) is 0 Å². The van der Waals surface area contributed by atoms with Gasteiger partial charge in [-0.3, -0.25) is 0 Å². The second kappa shape index (κ2) is 16.4. The van der Waals surface area contributed by atoms with Crippen LogP contribution in [-0.2, 0) is 9.47 Å². The summed E-state index contributed by atoms with van der Waals surface area (Å²) in [5.41, 5.74) is 0. The van der Waals surface area contributed by atoms with Crippen LogP contribution >= 0.6 is 0 Å². The molecule has 4 heteroatoms. The molecule has 0 saturated carbocycles. The Balaban J connectivity index is 0. The third-order valence-corrected chi connectivity index (χ3v) is 0.736. The summed E-state index contributed by atoms with van der Waals surface area (Å²) in [5.74, 6) is 0. The summed E-state index contributed by atoms with van der Waals surface area (Å²) in [7, 11) is 1.67. The predicted molar refractivity (Wildman–Crippen MR) is 42.5 cm³/mol. The molecule has 0 heterocycles. The molecule has 0 aliphatic heterocycles. The van der Waals surface area contributed by atoms with Crippen LogP contribution in [0.25, 0.3) is 0 Å². The smallest absolute Gasteiger partial charge is 0.0700 e. The van der Waals surface area contributed by atoms with Crippen LogP contribution in [0.1, 0.15) is 6.92 Å². The molecule has 0 aliphatic rings. The molecule has 0 aromatic heterocycles. The Bertz CT molecular complexity index is 43.7. The van der Waals surface area contributed by atoms with Crippen molar-refractivity contribution in [2.45, 2.75) is 6.92 Å². The minimum absolute atomic E-state index is 0.125. The molecular formula is C7H18O4. The Labute approximate surface area is 67.8 Å². The first-order chi connectivity index (χ1) is 5.33. The SMILES string of the molecule is CCOCCOC.OCCO. The lowest BCUT2D eigenvalue weighted by atomic mass is 10.7. The number of rotatable bonds is 5. The Morgan fingerprint density at radius 1 is 1.09 bits per heavy atom. The maximum Gasteiger partial charge on any atom is 0.0700 e. The summed E-state index contributed by atoms with van der Waals surface area (Å²) in [6.45, 7) is 3.92. The first kappa shape index (κ1) is 13.4. The largest absolute Gasteiger partial charge is 0.394 e. The Hall–Kier alpha value is -0.160. The van der Waals surface area contributed by atoms with Crippen molar-refractivity contribution in [3.05, 3.63) is 0 Å². The Kier molecular flexibility index (Phi) is 20.1. The molecule has 0 atom stereocenters. The van der Waals surface area contributed by atoms with Crippen molar-refractivity contribution in [1.82, 2.24) is 0 Å².